The first-order valence-electron chi connectivity index (χ1n) is 6.39. The van der Waals surface area contributed by atoms with Crippen LogP contribution in [0, 0.1) is 0 Å². The maximum atomic E-state index is 5.91. The largest absolute Gasteiger partial charge is 0.397 e. The van der Waals surface area contributed by atoms with Crippen LogP contribution in [0.25, 0.3) is 0 Å². The van der Waals surface area contributed by atoms with E-state index in [-0.39, 0.29) is 0 Å². The molecule has 0 atom stereocenters. The minimum atomic E-state index is 0.631. The molecule has 0 aliphatic carbocycles. The van der Waals surface area contributed by atoms with Crippen LogP contribution < -0.4 is 21.3 Å². The van der Waals surface area contributed by atoms with Crippen molar-refractivity contribution in [1.82, 2.24) is 0 Å². The van der Waals surface area contributed by atoms with Crippen LogP contribution >= 0.6 is 0 Å². The average molecular weight is 254 g/mol. The van der Waals surface area contributed by atoms with E-state index in [0.717, 1.165) is 18.8 Å². The number of nitrogens with two attached hydrogens (primary N) is 2. The van der Waals surface area contributed by atoms with Gasteiger partial charge in [0, 0.05) is 25.8 Å². The van der Waals surface area contributed by atoms with Crippen molar-refractivity contribution in [1.29, 1.82) is 0 Å². The molecule has 1 aliphatic heterocycles. The Labute approximate surface area is 113 Å². The van der Waals surface area contributed by atoms with Crippen molar-refractivity contribution in [3.63, 3.8) is 0 Å². The molecule has 1 heterocycles. The number of hydrogen-bond donors (Lipinski definition) is 2. The lowest BCUT2D eigenvalue weighted by Crippen LogP contribution is -2.36. The Morgan fingerprint density at radius 2 is 1.63 bits per heavy atom. The number of hydrogen-bond acceptors (Lipinski definition) is 4. The number of fused-ring (bicyclic) bond motifs is 1. The van der Waals surface area contributed by atoms with Gasteiger partial charge in [0.25, 0.3) is 0 Å². The number of likely N-dealkylation sites (N-methyl/N-ethyl adjacent to an activating group) is 1. The number of anilines is 5. The van der Waals surface area contributed by atoms with Crippen molar-refractivity contribution in [3.05, 3.63) is 42.5 Å². The van der Waals surface area contributed by atoms with Crippen molar-refractivity contribution in [2.24, 2.45) is 0 Å². The third-order valence-electron chi connectivity index (χ3n) is 3.62. The molecule has 0 bridgehead atoms. The van der Waals surface area contributed by atoms with Gasteiger partial charge >= 0.3 is 0 Å². The summed E-state index contributed by atoms with van der Waals surface area (Å²) in [5.41, 5.74) is 16.5. The van der Waals surface area contributed by atoms with Gasteiger partial charge in [-0.25, -0.2) is 0 Å². The lowest BCUT2D eigenvalue weighted by atomic mass is 10.1. The Morgan fingerprint density at radius 1 is 0.895 bits per heavy atom. The van der Waals surface area contributed by atoms with E-state index in [4.69, 9.17) is 11.5 Å². The van der Waals surface area contributed by atoms with Gasteiger partial charge in [0.15, 0.2) is 0 Å². The monoisotopic (exact) mass is 254 g/mol. The number of rotatable bonds is 1. The van der Waals surface area contributed by atoms with E-state index in [1.54, 1.807) is 0 Å². The lowest BCUT2D eigenvalue weighted by Gasteiger charge is -2.37. The number of nitrogens with zero attached hydrogens (tertiary/aromatic N) is 2. The van der Waals surface area contributed by atoms with E-state index in [0.29, 0.717) is 11.4 Å². The van der Waals surface area contributed by atoms with Crippen molar-refractivity contribution in [2.45, 2.75) is 0 Å². The zero-order valence-corrected chi connectivity index (χ0v) is 11.0. The first-order valence-corrected chi connectivity index (χ1v) is 6.39. The fourth-order valence-electron chi connectivity index (χ4n) is 2.50. The lowest BCUT2D eigenvalue weighted by molar-refractivity contribution is 0.822. The van der Waals surface area contributed by atoms with Gasteiger partial charge in [0.2, 0.25) is 0 Å². The Balaban J connectivity index is 2.07. The predicted molar refractivity (Wildman–Crippen MR) is 82.0 cm³/mol. The summed E-state index contributed by atoms with van der Waals surface area (Å²) in [6, 6.07) is 14.2. The highest BCUT2D eigenvalue weighted by atomic mass is 15.3. The third kappa shape index (κ3) is 1.95. The standard InChI is InChI=1S/C15H18N4/c1-18-8-9-19(15-5-3-2-4-14(15)18)11-6-7-12(16)13(17)10-11/h2-7,10H,8-9,16-17H2,1H3. The maximum Gasteiger partial charge on any atom is 0.0649 e. The summed E-state index contributed by atoms with van der Waals surface area (Å²) >= 11 is 0. The normalized spacial score (nSPS) is 14.4. The van der Waals surface area contributed by atoms with Crippen molar-refractivity contribution in [2.75, 3.05) is 41.4 Å². The molecule has 0 saturated carbocycles. The van der Waals surface area contributed by atoms with Crippen LogP contribution in [-0.4, -0.2) is 20.1 Å². The highest BCUT2D eigenvalue weighted by Gasteiger charge is 2.21. The van der Waals surface area contributed by atoms with Crippen LogP contribution in [0.3, 0.4) is 0 Å². The minimum Gasteiger partial charge on any atom is -0.397 e. The quantitative estimate of drug-likeness (QED) is 0.767. The molecule has 0 radical (unpaired) electrons. The molecule has 0 saturated heterocycles. The van der Waals surface area contributed by atoms with Gasteiger partial charge in [-0.15, -0.1) is 0 Å². The molecule has 4 N–H and O–H groups in total. The molecule has 2 aromatic rings. The van der Waals surface area contributed by atoms with Crippen molar-refractivity contribution in [3.8, 4) is 0 Å². The smallest absolute Gasteiger partial charge is 0.0649 e. The summed E-state index contributed by atoms with van der Waals surface area (Å²) in [6.45, 7) is 1.93. The van der Waals surface area contributed by atoms with E-state index in [1.165, 1.54) is 11.4 Å². The Morgan fingerprint density at radius 3 is 2.37 bits per heavy atom. The highest BCUT2D eigenvalue weighted by molar-refractivity contribution is 5.81. The number of nitrogen functional groups attached to an aromatic ring is 2. The molecule has 0 aromatic heterocycles. The Bertz CT molecular complexity index is 609. The summed E-state index contributed by atoms with van der Waals surface area (Å²) in [5, 5.41) is 0. The second-order valence-electron chi connectivity index (χ2n) is 4.88. The molecule has 1 aliphatic rings. The second kappa shape index (κ2) is 4.39. The summed E-state index contributed by atoms with van der Waals surface area (Å²) in [4.78, 5) is 4.55. The highest BCUT2D eigenvalue weighted by Crippen LogP contribution is 2.37. The van der Waals surface area contributed by atoms with Crippen LogP contribution in [0.1, 0.15) is 0 Å². The molecule has 0 spiro atoms. The molecule has 0 fully saturated rings. The Kier molecular flexibility index (Phi) is 2.71. The molecule has 98 valence electrons. The summed E-state index contributed by atoms with van der Waals surface area (Å²) in [5.74, 6) is 0. The number of para-hydroxylation sites is 2. The first-order chi connectivity index (χ1) is 9.16. The summed E-state index contributed by atoms with van der Waals surface area (Å²) in [6.07, 6.45) is 0. The summed E-state index contributed by atoms with van der Waals surface area (Å²) in [7, 11) is 2.12. The Hall–Kier alpha value is -2.36. The molecule has 0 unspecified atom stereocenters. The van der Waals surface area contributed by atoms with Crippen LogP contribution in [0.5, 0.6) is 0 Å². The van der Waals surface area contributed by atoms with Gasteiger partial charge in [-0.2, -0.15) is 0 Å². The maximum absolute atomic E-state index is 5.91. The van der Waals surface area contributed by atoms with Gasteiger partial charge in [0.1, 0.15) is 0 Å². The van der Waals surface area contributed by atoms with Crippen molar-refractivity contribution < 1.29 is 0 Å². The fraction of sp³-hybridized carbons (Fsp3) is 0.200. The molecular formula is C15H18N4. The van der Waals surface area contributed by atoms with E-state index in [1.807, 2.05) is 18.2 Å². The zero-order valence-electron chi connectivity index (χ0n) is 11.0. The molecular weight excluding hydrogens is 236 g/mol. The van der Waals surface area contributed by atoms with Crippen LogP contribution in [0.2, 0.25) is 0 Å². The van der Waals surface area contributed by atoms with Gasteiger partial charge in [-0.05, 0) is 30.3 Å². The molecule has 19 heavy (non-hydrogen) atoms. The van der Waals surface area contributed by atoms with E-state index in [9.17, 15) is 0 Å². The van der Waals surface area contributed by atoms with Gasteiger partial charge in [-0.1, -0.05) is 12.1 Å². The minimum absolute atomic E-state index is 0.631. The molecule has 2 aromatic carbocycles. The van der Waals surface area contributed by atoms with Gasteiger partial charge in [0.05, 0.1) is 22.7 Å². The average Bonchev–Trinajstić information content (AvgIpc) is 2.43. The topological polar surface area (TPSA) is 58.5 Å². The number of benzene rings is 2. The first kappa shape index (κ1) is 11.7. The molecule has 0 amide bonds. The van der Waals surface area contributed by atoms with E-state index in [2.05, 4.69) is 41.1 Å². The summed E-state index contributed by atoms with van der Waals surface area (Å²) < 4.78 is 0. The van der Waals surface area contributed by atoms with Gasteiger partial charge in [-0.3, -0.25) is 0 Å². The van der Waals surface area contributed by atoms with Crippen LogP contribution in [0.4, 0.5) is 28.4 Å². The second-order valence-corrected chi connectivity index (χ2v) is 4.88. The SMILES string of the molecule is CN1CCN(c2ccc(N)c(N)c2)c2ccccc21. The van der Waals surface area contributed by atoms with Crippen molar-refractivity contribution >= 4 is 28.4 Å². The molecule has 3 rings (SSSR count). The van der Waals surface area contributed by atoms with Crippen LogP contribution in [-0.2, 0) is 0 Å². The molecule has 4 nitrogen and oxygen atoms in total. The van der Waals surface area contributed by atoms with E-state index >= 15 is 0 Å². The fourth-order valence-corrected chi connectivity index (χ4v) is 2.50. The van der Waals surface area contributed by atoms with Crippen LogP contribution in [0.15, 0.2) is 42.5 Å². The van der Waals surface area contributed by atoms with Gasteiger partial charge < -0.3 is 21.3 Å². The molecule has 4 heteroatoms. The third-order valence-corrected chi connectivity index (χ3v) is 3.62. The predicted octanol–water partition coefficient (Wildman–Crippen LogP) is 2.44. The zero-order chi connectivity index (χ0) is 13.4. The van der Waals surface area contributed by atoms with E-state index < -0.39 is 0 Å².